The summed E-state index contributed by atoms with van der Waals surface area (Å²) in [6, 6.07) is 2.37. The minimum absolute atomic E-state index is 0.285. The molecule has 5 heteroatoms. The van der Waals surface area contributed by atoms with Crippen LogP contribution in [0.1, 0.15) is 30.4 Å². The summed E-state index contributed by atoms with van der Waals surface area (Å²) >= 11 is 0. The molecule has 108 valence electrons. The molecule has 0 aromatic carbocycles. The molecule has 1 aliphatic heterocycles. The largest absolute Gasteiger partial charge is 0.328 e. The van der Waals surface area contributed by atoms with Gasteiger partial charge in [-0.2, -0.15) is 0 Å². The van der Waals surface area contributed by atoms with E-state index in [0.717, 1.165) is 36.8 Å². The van der Waals surface area contributed by atoms with Crippen molar-refractivity contribution in [1.82, 2.24) is 19.3 Å². The number of nitrogens with two attached hydrogens (primary N) is 1. The number of fused-ring (bicyclic) bond motifs is 1. The van der Waals surface area contributed by atoms with E-state index in [4.69, 9.17) is 5.73 Å². The maximum absolute atomic E-state index is 5.99. The molecule has 0 aliphatic carbocycles. The summed E-state index contributed by atoms with van der Waals surface area (Å²) in [6.45, 7) is 9.30. The molecule has 2 atom stereocenters. The number of hydrogen-bond donors (Lipinski definition) is 1. The van der Waals surface area contributed by atoms with Crippen molar-refractivity contribution in [2.75, 3.05) is 13.1 Å². The molecule has 2 aromatic heterocycles. The third-order valence-corrected chi connectivity index (χ3v) is 4.25. The van der Waals surface area contributed by atoms with Crippen LogP contribution in [0, 0.1) is 19.8 Å². The first-order valence-electron chi connectivity index (χ1n) is 7.33. The van der Waals surface area contributed by atoms with Crippen molar-refractivity contribution in [3.63, 3.8) is 0 Å². The van der Waals surface area contributed by atoms with Crippen molar-refractivity contribution in [3.8, 4) is 0 Å². The molecule has 1 fully saturated rings. The molecule has 2 aromatic rings. The monoisotopic (exact) mass is 273 g/mol. The molecule has 1 saturated heterocycles. The Hall–Kier alpha value is -1.46. The molecule has 3 rings (SSSR count). The number of nitrogens with zero attached hydrogens (tertiary/aromatic N) is 4. The van der Waals surface area contributed by atoms with Crippen molar-refractivity contribution in [2.24, 2.45) is 11.7 Å². The summed E-state index contributed by atoms with van der Waals surface area (Å²) in [6.07, 6.45) is 3.30. The lowest BCUT2D eigenvalue weighted by Gasteiger charge is -2.16. The van der Waals surface area contributed by atoms with Gasteiger partial charge in [0.15, 0.2) is 0 Å². The van der Waals surface area contributed by atoms with Gasteiger partial charge in [0.2, 0.25) is 5.78 Å². The summed E-state index contributed by atoms with van der Waals surface area (Å²) in [4.78, 5) is 11.6. The predicted molar refractivity (Wildman–Crippen MR) is 79.5 cm³/mol. The molecule has 20 heavy (non-hydrogen) atoms. The highest BCUT2D eigenvalue weighted by Gasteiger charge is 2.25. The molecule has 0 radical (unpaired) electrons. The van der Waals surface area contributed by atoms with E-state index in [1.807, 2.05) is 6.92 Å². The topological polar surface area (TPSA) is 59.5 Å². The van der Waals surface area contributed by atoms with Crippen LogP contribution >= 0.6 is 0 Å². The lowest BCUT2D eigenvalue weighted by atomic mass is 10.0. The summed E-state index contributed by atoms with van der Waals surface area (Å²) in [7, 11) is 0. The second kappa shape index (κ2) is 5.14. The third kappa shape index (κ3) is 2.55. The summed E-state index contributed by atoms with van der Waals surface area (Å²) < 4.78 is 2.07. The fourth-order valence-electron chi connectivity index (χ4n) is 3.06. The van der Waals surface area contributed by atoms with Crippen LogP contribution in [-0.2, 0) is 6.54 Å². The quantitative estimate of drug-likeness (QED) is 0.921. The minimum Gasteiger partial charge on any atom is -0.328 e. The standard InChI is InChI=1S/C15H23N5/c1-10-6-11(2)20-9-14(18-15(20)17-10)8-19-5-4-13(7-19)12(3)16/h6,9,12-13H,4-5,7-8,16H2,1-3H3. The van der Waals surface area contributed by atoms with Gasteiger partial charge in [-0.15, -0.1) is 0 Å². The summed E-state index contributed by atoms with van der Waals surface area (Å²) in [5.74, 6) is 1.43. The molecule has 2 unspecified atom stereocenters. The fraction of sp³-hybridized carbons (Fsp3) is 0.600. The number of hydrogen-bond acceptors (Lipinski definition) is 4. The predicted octanol–water partition coefficient (Wildman–Crippen LogP) is 1.52. The SMILES string of the molecule is Cc1cc(C)n2cc(CN3CCC(C(C)N)C3)nc2n1. The van der Waals surface area contributed by atoms with Crippen LogP contribution in [0.2, 0.25) is 0 Å². The van der Waals surface area contributed by atoms with Crippen molar-refractivity contribution >= 4 is 5.78 Å². The lowest BCUT2D eigenvalue weighted by Crippen LogP contribution is -2.29. The Balaban J connectivity index is 1.77. The molecular formula is C15H23N5. The maximum atomic E-state index is 5.99. The number of aryl methyl sites for hydroxylation is 2. The highest BCUT2D eigenvalue weighted by molar-refractivity contribution is 5.34. The van der Waals surface area contributed by atoms with E-state index < -0.39 is 0 Å². The first kappa shape index (κ1) is 13.5. The molecule has 1 aliphatic rings. The summed E-state index contributed by atoms with van der Waals surface area (Å²) in [5, 5.41) is 0. The first-order valence-corrected chi connectivity index (χ1v) is 7.33. The molecule has 0 saturated carbocycles. The number of rotatable bonds is 3. The van der Waals surface area contributed by atoms with Gasteiger partial charge in [0.25, 0.3) is 0 Å². The van der Waals surface area contributed by atoms with Crippen LogP contribution in [0.25, 0.3) is 5.78 Å². The van der Waals surface area contributed by atoms with Gasteiger partial charge < -0.3 is 5.73 Å². The van der Waals surface area contributed by atoms with Gasteiger partial charge in [-0.1, -0.05) is 0 Å². The van der Waals surface area contributed by atoms with Crippen LogP contribution in [0.3, 0.4) is 0 Å². The Labute approximate surface area is 119 Å². The Bertz CT molecular complexity index is 616. The zero-order chi connectivity index (χ0) is 14.3. The Kier molecular flexibility index (Phi) is 3.48. The Morgan fingerprint density at radius 1 is 1.40 bits per heavy atom. The van der Waals surface area contributed by atoms with Crippen LogP contribution in [-0.4, -0.2) is 38.4 Å². The average molecular weight is 273 g/mol. The van der Waals surface area contributed by atoms with Crippen LogP contribution in [0.15, 0.2) is 12.3 Å². The van der Waals surface area contributed by atoms with Crippen molar-refractivity contribution < 1.29 is 0 Å². The van der Waals surface area contributed by atoms with E-state index in [1.165, 1.54) is 12.1 Å². The van der Waals surface area contributed by atoms with Gasteiger partial charge in [0.05, 0.1) is 5.69 Å². The van der Waals surface area contributed by atoms with Crippen LogP contribution in [0.4, 0.5) is 0 Å². The van der Waals surface area contributed by atoms with Crippen molar-refractivity contribution in [2.45, 2.75) is 39.8 Å². The second-order valence-corrected chi connectivity index (χ2v) is 6.08. The van der Waals surface area contributed by atoms with Crippen molar-refractivity contribution in [3.05, 3.63) is 29.3 Å². The van der Waals surface area contributed by atoms with E-state index in [9.17, 15) is 0 Å². The van der Waals surface area contributed by atoms with E-state index in [0.29, 0.717) is 5.92 Å². The number of imidazole rings is 1. The van der Waals surface area contributed by atoms with E-state index in [1.54, 1.807) is 0 Å². The first-order chi connectivity index (χ1) is 9.52. The highest BCUT2D eigenvalue weighted by atomic mass is 15.2. The van der Waals surface area contributed by atoms with E-state index >= 15 is 0 Å². The molecular weight excluding hydrogens is 250 g/mol. The zero-order valence-corrected chi connectivity index (χ0v) is 12.5. The zero-order valence-electron chi connectivity index (χ0n) is 12.5. The van der Waals surface area contributed by atoms with E-state index in [-0.39, 0.29) is 6.04 Å². The Morgan fingerprint density at radius 3 is 2.90 bits per heavy atom. The van der Waals surface area contributed by atoms with E-state index in [2.05, 4.69) is 45.4 Å². The smallest absolute Gasteiger partial charge is 0.234 e. The molecule has 0 bridgehead atoms. The number of aromatic nitrogens is 3. The highest BCUT2D eigenvalue weighted by Crippen LogP contribution is 2.20. The van der Waals surface area contributed by atoms with Gasteiger partial charge in [-0.05, 0) is 45.7 Å². The molecule has 3 heterocycles. The molecule has 5 nitrogen and oxygen atoms in total. The van der Waals surface area contributed by atoms with Crippen molar-refractivity contribution in [1.29, 1.82) is 0 Å². The second-order valence-electron chi connectivity index (χ2n) is 6.08. The molecule has 0 amide bonds. The van der Waals surface area contributed by atoms with Gasteiger partial charge in [-0.3, -0.25) is 9.30 Å². The van der Waals surface area contributed by atoms with Crippen LogP contribution in [0.5, 0.6) is 0 Å². The van der Waals surface area contributed by atoms with Gasteiger partial charge in [-0.25, -0.2) is 9.97 Å². The van der Waals surface area contributed by atoms with Gasteiger partial charge >= 0.3 is 0 Å². The third-order valence-electron chi connectivity index (χ3n) is 4.25. The lowest BCUT2D eigenvalue weighted by molar-refractivity contribution is 0.305. The molecule has 2 N–H and O–H groups in total. The average Bonchev–Trinajstić information content (AvgIpc) is 2.96. The van der Waals surface area contributed by atoms with Crippen LogP contribution < -0.4 is 5.73 Å². The van der Waals surface area contributed by atoms with Gasteiger partial charge in [0.1, 0.15) is 0 Å². The number of likely N-dealkylation sites (tertiary alicyclic amines) is 1. The molecule has 0 spiro atoms. The Morgan fingerprint density at radius 2 is 2.20 bits per heavy atom. The minimum atomic E-state index is 0.285. The normalized spacial score (nSPS) is 21.7. The summed E-state index contributed by atoms with van der Waals surface area (Å²) in [5.41, 5.74) is 9.29. The van der Waals surface area contributed by atoms with Gasteiger partial charge in [0, 0.05) is 36.7 Å². The fourth-order valence-corrected chi connectivity index (χ4v) is 3.06. The maximum Gasteiger partial charge on any atom is 0.234 e.